The quantitative estimate of drug-likeness (QED) is 0.441. The third kappa shape index (κ3) is 4.26. The van der Waals surface area contributed by atoms with Crippen LogP contribution in [-0.2, 0) is 11.4 Å². The number of carbonyl (C=O) groups excluding carboxylic acids is 1. The Morgan fingerprint density at radius 3 is 2.57 bits per heavy atom. The third-order valence-corrected chi connectivity index (χ3v) is 2.58. The molecule has 7 nitrogen and oxygen atoms in total. The summed E-state index contributed by atoms with van der Waals surface area (Å²) in [4.78, 5) is 16.4. The maximum absolute atomic E-state index is 11.9. The number of carbonyl (C=O) groups is 1. The van der Waals surface area contributed by atoms with Gasteiger partial charge in [0, 0.05) is 0 Å². The molecule has 2 rings (SSSR count). The van der Waals surface area contributed by atoms with E-state index in [0.717, 1.165) is 0 Å². The summed E-state index contributed by atoms with van der Waals surface area (Å²) in [6, 6.07) is 12.4. The zero-order chi connectivity index (χ0) is 15.2. The maximum atomic E-state index is 11.9. The van der Waals surface area contributed by atoms with Crippen molar-refractivity contribution < 1.29 is 29.9 Å². The molecule has 0 atom stereocenters. The number of aromatic hydroxyl groups is 1. The first-order valence-corrected chi connectivity index (χ1v) is 5.96. The van der Waals surface area contributed by atoms with Crippen molar-refractivity contribution in [3.8, 4) is 11.5 Å². The number of nitrogens with zero attached hydrogens (tertiary/aromatic N) is 1. The van der Waals surface area contributed by atoms with Crippen LogP contribution in [0.25, 0.3) is 0 Å². The van der Waals surface area contributed by atoms with Crippen LogP contribution in [0.2, 0.25) is 0 Å². The molecule has 0 aliphatic rings. The number of hydrogen-bond donors (Lipinski definition) is 3. The number of ether oxygens (including phenoxy) is 1. The molecule has 0 aliphatic heterocycles. The molecule has 0 bridgehead atoms. The van der Waals surface area contributed by atoms with E-state index in [1.807, 2.05) is 0 Å². The molecule has 0 saturated carbocycles. The first kappa shape index (κ1) is 14.9. The smallest absolute Gasteiger partial charge is 0.347 e. The van der Waals surface area contributed by atoms with Crippen LogP contribution in [-0.4, -0.2) is 26.9 Å². The fraction of sp³-hybridized carbons (Fsp3) is 0.0714. The minimum Gasteiger partial charge on any atom is -0.507 e. The Hall–Kier alpha value is -2.45. The fourth-order valence-corrected chi connectivity index (χ4v) is 1.64. The molecule has 0 aromatic heterocycles. The van der Waals surface area contributed by atoms with Crippen LogP contribution in [0, 0.1) is 0 Å². The highest BCUT2D eigenvalue weighted by Crippen LogP contribution is 2.20. The van der Waals surface area contributed by atoms with Gasteiger partial charge in [-0.2, -0.15) is 0 Å². The molecule has 0 aliphatic carbocycles. The molecule has 0 amide bonds. The van der Waals surface area contributed by atoms with Crippen LogP contribution in [0.15, 0.2) is 48.5 Å². The highest BCUT2D eigenvalue weighted by atomic mass is 17.1. The SMILES string of the molecule is O=C(Oc1cccc(CON(O)O)c1)c1ccccc1O. The number of phenolic OH excluding ortho intramolecular Hbond substituents is 1. The van der Waals surface area contributed by atoms with Crippen LogP contribution >= 0.6 is 0 Å². The van der Waals surface area contributed by atoms with Gasteiger partial charge in [0.2, 0.25) is 0 Å². The number of hydrogen-bond acceptors (Lipinski definition) is 7. The topological polar surface area (TPSA) is 99.5 Å². The van der Waals surface area contributed by atoms with Gasteiger partial charge in [0.05, 0.1) is 12.0 Å². The molecular weight excluding hydrogens is 278 g/mol. The van der Waals surface area contributed by atoms with Gasteiger partial charge in [-0.3, -0.25) is 10.4 Å². The second-order valence-corrected chi connectivity index (χ2v) is 4.08. The molecular formula is C14H13NO6. The summed E-state index contributed by atoms with van der Waals surface area (Å²) in [6.07, 6.45) is 0. The van der Waals surface area contributed by atoms with Crippen molar-refractivity contribution in [2.45, 2.75) is 6.61 Å². The molecule has 0 unspecified atom stereocenters. The first-order valence-electron chi connectivity index (χ1n) is 5.96. The second kappa shape index (κ2) is 6.82. The third-order valence-electron chi connectivity index (χ3n) is 2.58. The van der Waals surface area contributed by atoms with Crippen molar-refractivity contribution in [3.05, 3.63) is 59.7 Å². The Kier molecular flexibility index (Phi) is 4.85. The Bertz CT molecular complexity index is 628. The van der Waals surface area contributed by atoms with E-state index in [4.69, 9.17) is 15.2 Å². The van der Waals surface area contributed by atoms with Crippen molar-refractivity contribution >= 4 is 5.97 Å². The van der Waals surface area contributed by atoms with Gasteiger partial charge < -0.3 is 9.84 Å². The molecule has 2 aromatic carbocycles. The van der Waals surface area contributed by atoms with Crippen molar-refractivity contribution in [2.75, 3.05) is 0 Å². The number of phenols is 1. The van der Waals surface area contributed by atoms with Crippen molar-refractivity contribution in [1.82, 2.24) is 5.39 Å². The van der Waals surface area contributed by atoms with Crippen molar-refractivity contribution in [2.24, 2.45) is 0 Å². The minimum absolute atomic E-state index is 0.0519. The summed E-state index contributed by atoms with van der Waals surface area (Å²) in [5.41, 5.74) is 0.613. The number of benzene rings is 2. The minimum atomic E-state index is -0.697. The van der Waals surface area contributed by atoms with Crippen molar-refractivity contribution in [3.63, 3.8) is 0 Å². The molecule has 7 heteroatoms. The highest BCUT2D eigenvalue weighted by Gasteiger charge is 2.13. The van der Waals surface area contributed by atoms with E-state index in [1.165, 1.54) is 18.2 Å². The Morgan fingerprint density at radius 1 is 1.10 bits per heavy atom. The largest absolute Gasteiger partial charge is 0.507 e. The van der Waals surface area contributed by atoms with Crippen LogP contribution in [0.5, 0.6) is 11.5 Å². The summed E-state index contributed by atoms with van der Waals surface area (Å²) in [7, 11) is 0. The summed E-state index contributed by atoms with van der Waals surface area (Å²) >= 11 is 0. The van der Waals surface area contributed by atoms with Gasteiger partial charge in [-0.1, -0.05) is 24.3 Å². The molecule has 0 radical (unpaired) electrons. The van der Waals surface area contributed by atoms with Crippen molar-refractivity contribution in [1.29, 1.82) is 0 Å². The average Bonchev–Trinajstić information content (AvgIpc) is 2.46. The zero-order valence-corrected chi connectivity index (χ0v) is 10.8. The first-order chi connectivity index (χ1) is 10.1. The number of rotatable bonds is 5. The Labute approximate surface area is 120 Å². The predicted molar refractivity (Wildman–Crippen MR) is 69.7 cm³/mol. The summed E-state index contributed by atoms with van der Waals surface area (Å²) < 4.78 is 5.14. The molecule has 21 heavy (non-hydrogen) atoms. The summed E-state index contributed by atoms with van der Waals surface area (Å²) in [5, 5.41) is 26.1. The molecule has 2 aromatic rings. The van der Waals surface area contributed by atoms with E-state index >= 15 is 0 Å². The molecule has 3 N–H and O–H groups in total. The number of para-hydroxylation sites is 1. The van der Waals surface area contributed by atoms with Gasteiger partial charge in [0.15, 0.2) is 0 Å². The van der Waals surface area contributed by atoms with Gasteiger partial charge in [-0.05, 0) is 29.8 Å². The monoisotopic (exact) mass is 291 g/mol. The predicted octanol–water partition coefficient (Wildman–Crippen LogP) is 2.12. The van der Waals surface area contributed by atoms with E-state index in [2.05, 4.69) is 4.84 Å². The van der Waals surface area contributed by atoms with Crippen LogP contribution in [0.1, 0.15) is 15.9 Å². The lowest BCUT2D eigenvalue weighted by Gasteiger charge is -2.09. The molecule has 0 fully saturated rings. The maximum Gasteiger partial charge on any atom is 0.347 e. The average molecular weight is 291 g/mol. The highest BCUT2D eigenvalue weighted by molar-refractivity contribution is 5.93. The van der Waals surface area contributed by atoms with E-state index in [-0.39, 0.29) is 23.7 Å². The zero-order valence-electron chi connectivity index (χ0n) is 10.8. The van der Waals surface area contributed by atoms with Gasteiger partial charge >= 0.3 is 5.97 Å². The lowest BCUT2D eigenvalue weighted by Crippen LogP contribution is -2.14. The van der Waals surface area contributed by atoms with Gasteiger partial charge in [0.1, 0.15) is 17.1 Å². The summed E-state index contributed by atoms with van der Waals surface area (Å²) in [6.45, 7) is -0.116. The van der Waals surface area contributed by atoms with Crippen LogP contribution < -0.4 is 4.74 Å². The van der Waals surface area contributed by atoms with Crippen LogP contribution in [0.3, 0.4) is 0 Å². The molecule has 0 saturated heterocycles. The number of esters is 1. The van der Waals surface area contributed by atoms with Gasteiger partial charge in [-0.15, -0.1) is 0 Å². The molecule has 0 spiro atoms. The lowest BCUT2D eigenvalue weighted by molar-refractivity contribution is -0.497. The Balaban J connectivity index is 2.07. The second-order valence-electron chi connectivity index (χ2n) is 4.08. The van der Waals surface area contributed by atoms with Gasteiger partial charge in [-0.25, -0.2) is 9.63 Å². The molecule has 0 heterocycles. The van der Waals surface area contributed by atoms with E-state index in [0.29, 0.717) is 5.56 Å². The van der Waals surface area contributed by atoms with Crippen LogP contribution in [0.4, 0.5) is 0 Å². The normalized spacial score (nSPS) is 10.6. The standard InChI is InChI=1S/C14H13NO6/c16-13-7-2-1-6-12(13)14(17)21-11-5-3-4-10(8-11)9-20-15(18)19/h1-8,16,18-19H,9H2. The molecule has 110 valence electrons. The lowest BCUT2D eigenvalue weighted by atomic mass is 10.2. The Morgan fingerprint density at radius 2 is 1.86 bits per heavy atom. The van der Waals surface area contributed by atoms with E-state index in [1.54, 1.807) is 30.3 Å². The summed E-state index contributed by atoms with van der Waals surface area (Å²) in [5.74, 6) is -0.623. The van der Waals surface area contributed by atoms with E-state index < -0.39 is 11.4 Å². The fourth-order valence-electron chi connectivity index (χ4n) is 1.64. The van der Waals surface area contributed by atoms with Gasteiger partial charge in [0.25, 0.3) is 0 Å². The van der Waals surface area contributed by atoms with E-state index in [9.17, 15) is 9.90 Å².